The number of aromatic nitrogens is 3. The molecule has 1 saturated heterocycles. The highest BCUT2D eigenvalue weighted by atomic mass is 32.2. The van der Waals surface area contributed by atoms with Crippen molar-refractivity contribution in [3.63, 3.8) is 0 Å². The lowest BCUT2D eigenvalue weighted by molar-refractivity contribution is 0.258. The molecular formula is C14H21N7O4S. The van der Waals surface area contributed by atoms with Gasteiger partial charge in [-0.2, -0.15) is 9.29 Å². The first-order valence-corrected chi connectivity index (χ1v) is 9.71. The Kier molecular flexibility index (Phi) is 5.52. The molecule has 2 aromatic heterocycles. The molecule has 2 aromatic rings. The number of aryl methyl sites for hydroxylation is 1. The van der Waals surface area contributed by atoms with Crippen LogP contribution in [0.3, 0.4) is 0 Å². The van der Waals surface area contributed by atoms with E-state index in [1.165, 1.54) is 10.6 Å². The molecule has 0 amide bonds. The molecule has 142 valence electrons. The SMILES string of the molecule is CN=C(NCc1nc(C)no1)N1CCN(S(=O)(=O)Cc2ccon2)CC1. The second-order valence-electron chi connectivity index (χ2n) is 5.77. The van der Waals surface area contributed by atoms with Crippen LogP contribution in [-0.2, 0) is 22.3 Å². The maximum Gasteiger partial charge on any atom is 0.246 e. The van der Waals surface area contributed by atoms with Gasteiger partial charge in [0.25, 0.3) is 0 Å². The van der Waals surface area contributed by atoms with E-state index in [2.05, 4.69) is 25.6 Å². The molecule has 1 N–H and O–H groups in total. The average Bonchev–Trinajstić information content (AvgIpc) is 3.27. The molecule has 1 aliphatic rings. The third-order valence-corrected chi connectivity index (χ3v) is 5.74. The van der Waals surface area contributed by atoms with Gasteiger partial charge in [0.05, 0.1) is 12.2 Å². The fourth-order valence-electron chi connectivity index (χ4n) is 2.67. The number of aliphatic imine (C=N–C) groups is 1. The van der Waals surface area contributed by atoms with E-state index in [0.29, 0.717) is 56.1 Å². The highest BCUT2D eigenvalue weighted by molar-refractivity contribution is 7.88. The van der Waals surface area contributed by atoms with Crippen LogP contribution >= 0.6 is 0 Å². The fourth-order valence-corrected chi connectivity index (χ4v) is 4.09. The van der Waals surface area contributed by atoms with E-state index < -0.39 is 10.0 Å². The molecule has 3 heterocycles. The monoisotopic (exact) mass is 383 g/mol. The molecule has 11 nitrogen and oxygen atoms in total. The zero-order valence-corrected chi connectivity index (χ0v) is 15.4. The van der Waals surface area contributed by atoms with Crippen LogP contribution in [0.25, 0.3) is 0 Å². The zero-order valence-electron chi connectivity index (χ0n) is 14.6. The van der Waals surface area contributed by atoms with Crippen molar-refractivity contribution in [3.8, 4) is 0 Å². The summed E-state index contributed by atoms with van der Waals surface area (Å²) >= 11 is 0. The van der Waals surface area contributed by atoms with E-state index in [1.54, 1.807) is 20.0 Å². The van der Waals surface area contributed by atoms with Gasteiger partial charge in [0.15, 0.2) is 11.8 Å². The van der Waals surface area contributed by atoms with Crippen molar-refractivity contribution in [3.05, 3.63) is 29.7 Å². The second-order valence-corrected chi connectivity index (χ2v) is 7.74. The third-order valence-electron chi connectivity index (χ3n) is 3.93. The first-order valence-electron chi connectivity index (χ1n) is 8.10. The van der Waals surface area contributed by atoms with Gasteiger partial charge < -0.3 is 19.3 Å². The Morgan fingerprint density at radius 3 is 2.65 bits per heavy atom. The van der Waals surface area contributed by atoms with E-state index in [1.807, 2.05) is 4.90 Å². The van der Waals surface area contributed by atoms with Crippen LogP contribution in [0.1, 0.15) is 17.4 Å². The molecule has 12 heteroatoms. The van der Waals surface area contributed by atoms with Crippen LogP contribution in [-0.4, -0.2) is 72.1 Å². The van der Waals surface area contributed by atoms with Gasteiger partial charge in [-0.05, 0) is 6.92 Å². The van der Waals surface area contributed by atoms with Gasteiger partial charge >= 0.3 is 0 Å². The minimum Gasteiger partial charge on any atom is -0.364 e. The normalized spacial score (nSPS) is 16.8. The second kappa shape index (κ2) is 7.83. The first-order chi connectivity index (χ1) is 12.5. The van der Waals surface area contributed by atoms with E-state index >= 15 is 0 Å². The Bertz CT molecular complexity index is 839. The van der Waals surface area contributed by atoms with Crippen LogP contribution in [0, 0.1) is 6.92 Å². The summed E-state index contributed by atoms with van der Waals surface area (Å²) in [7, 11) is -1.75. The number of rotatable bonds is 5. The minimum absolute atomic E-state index is 0.160. The van der Waals surface area contributed by atoms with Crippen LogP contribution in [0.4, 0.5) is 0 Å². The first kappa shape index (κ1) is 18.3. The molecule has 0 saturated carbocycles. The maximum absolute atomic E-state index is 12.5. The topological polar surface area (TPSA) is 130 Å². The molecule has 3 rings (SSSR count). The lowest BCUT2D eigenvalue weighted by atomic mass is 10.4. The summed E-state index contributed by atoms with van der Waals surface area (Å²) in [5.74, 6) is 1.54. The van der Waals surface area contributed by atoms with Gasteiger partial charge in [-0.15, -0.1) is 0 Å². The van der Waals surface area contributed by atoms with Gasteiger partial charge in [-0.3, -0.25) is 4.99 Å². The zero-order chi connectivity index (χ0) is 18.6. The number of hydrogen-bond donors (Lipinski definition) is 1. The maximum atomic E-state index is 12.5. The molecule has 1 fully saturated rings. The Labute approximate surface area is 151 Å². The van der Waals surface area contributed by atoms with Crippen molar-refractivity contribution in [2.24, 2.45) is 4.99 Å². The van der Waals surface area contributed by atoms with Crippen molar-refractivity contribution in [1.29, 1.82) is 0 Å². The molecule has 0 aliphatic carbocycles. The highest BCUT2D eigenvalue weighted by Gasteiger charge is 2.29. The molecule has 0 radical (unpaired) electrons. The number of hydrogen-bond acceptors (Lipinski definition) is 8. The van der Waals surface area contributed by atoms with Gasteiger partial charge in [-0.1, -0.05) is 10.3 Å². The molecular weight excluding hydrogens is 362 g/mol. The number of sulfonamides is 1. The van der Waals surface area contributed by atoms with Crippen LogP contribution in [0.2, 0.25) is 0 Å². The van der Waals surface area contributed by atoms with Crippen LogP contribution in [0.15, 0.2) is 26.4 Å². The van der Waals surface area contributed by atoms with Crippen LogP contribution < -0.4 is 5.32 Å². The summed E-state index contributed by atoms with van der Waals surface area (Å²) in [6, 6.07) is 1.55. The number of guanidine groups is 1. The highest BCUT2D eigenvalue weighted by Crippen LogP contribution is 2.13. The molecule has 0 bridgehead atoms. The van der Waals surface area contributed by atoms with Crippen molar-refractivity contribution < 1.29 is 17.5 Å². The molecule has 0 atom stereocenters. The Balaban J connectivity index is 1.53. The predicted octanol–water partition coefficient (Wildman–Crippen LogP) is -0.411. The average molecular weight is 383 g/mol. The van der Waals surface area contributed by atoms with Crippen molar-refractivity contribution in [2.45, 2.75) is 19.2 Å². The van der Waals surface area contributed by atoms with Gasteiger partial charge in [0, 0.05) is 39.3 Å². The smallest absolute Gasteiger partial charge is 0.246 e. The quantitative estimate of drug-likeness (QED) is 0.541. The summed E-state index contributed by atoms with van der Waals surface area (Å²) in [4.78, 5) is 10.4. The number of nitrogens with zero attached hydrogens (tertiary/aromatic N) is 6. The lowest BCUT2D eigenvalue weighted by Crippen LogP contribution is -2.53. The molecule has 26 heavy (non-hydrogen) atoms. The Hall–Kier alpha value is -2.47. The van der Waals surface area contributed by atoms with E-state index in [9.17, 15) is 8.42 Å². The summed E-state index contributed by atoms with van der Waals surface area (Å²) in [5, 5.41) is 10.6. The molecule has 0 spiro atoms. The lowest BCUT2D eigenvalue weighted by Gasteiger charge is -2.35. The van der Waals surface area contributed by atoms with Gasteiger partial charge in [0.1, 0.15) is 12.0 Å². The van der Waals surface area contributed by atoms with Gasteiger partial charge in [-0.25, -0.2) is 8.42 Å². The number of piperazine rings is 1. The summed E-state index contributed by atoms with van der Waals surface area (Å²) < 4.78 is 36.1. The summed E-state index contributed by atoms with van der Waals surface area (Å²) in [6.07, 6.45) is 1.36. The summed E-state index contributed by atoms with van der Waals surface area (Å²) in [5.41, 5.74) is 0.403. The van der Waals surface area contributed by atoms with Crippen LogP contribution in [0.5, 0.6) is 0 Å². The fraction of sp³-hybridized carbons (Fsp3) is 0.571. The standard InChI is InChI=1S/C14H21N7O4S/c1-11-17-13(25-18-11)9-16-14(15-2)20-4-6-21(7-5-20)26(22,23)10-12-3-8-24-19-12/h3,8H,4-7,9-10H2,1-2H3,(H,15,16). The summed E-state index contributed by atoms with van der Waals surface area (Å²) in [6.45, 7) is 3.92. The largest absolute Gasteiger partial charge is 0.364 e. The Morgan fingerprint density at radius 1 is 1.31 bits per heavy atom. The van der Waals surface area contributed by atoms with Crippen molar-refractivity contribution in [1.82, 2.24) is 29.8 Å². The Morgan fingerprint density at radius 2 is 2.08 bits per heavy atom. The molecule has 1 aliphatic heterocycles. The molecule has 0 aromatic carbocycles. The van der Waals surface area contributed by atoms with Crippen molar-refractivity contribution in [2.75, 3.05) is 33.2 Å². The molecule has 0 unspecified atom stereocenters. The van der Waals surface area contributed by atoms with Crippen molar-refractivity contribution >= 4 is 16.0 Å². The van der Waals surface area contributed by atoms with Gasteiger partial charge in [0.2, 0.25) is 15.9 Å². The number of nitrogens with one attached hydrogen (secondary N) is 1. The predicted molar refractivity (Wildman–Crippen MR) is 91.5 cm³/mol. The van der Waals surface area contributed by atoms with E-state index in [0.717, 1.165) is 0 Å². The van der Waals surface area contributed by atoms with E-state index in [-0.39, 0.29) is 5.75 Å². The van der Waals surface area contributed by atoms with E-state index in [4.69, 9.17) is 9.05 Å². The third kappa shape index (κ3) is 4.38. The minimum atomic E-state index is -3.42.